The first-order valence-electron chi connectivity index (χ1n) is 7.49. The molecule has 2 aromatic carbocycles. The maximum atomic E-state index is 12.2. The van der Waals surface area contributed by atoms with Crippen LogP contribution in [-0.4, -0.2) is 20.4 Å². The number of primary sulfonamides is 1. The summed E-state index contributed by atoms with van der Waals surface area (Å²) in [7, 11) is -3.75. The normalized spacial score (nSPS) is 12.5. The number of hydrogen-bond acceptors (Lipinski definition) is 4. The molecule has 0 heterocycles. The fourth-order valence-corrected chi connectivity index (χ4v) is 2.58. The Bertz CT molecular complexity index is 817. The van der Waals surface area contributed by atoms with E-state index in [4.69, 9.17) is 9.88 Å². The van der Waals surface area contributed by atoms with Crippen LogP contribution in [0.2, 0.25) is 0 Å². The molecule has 0 aromatic heterocycles. The van der Waals surface area contributed by atoms with Gasteiger partial charge in [0, 0.05) is 5.69 Å². The Morgan fingerprint density at radius 3 is 2.46 bits per heavy atom. The third-order valence-electron chi connectivity index (χ3n) is 3.44. The molecule has 0 aliphatic rings. The van der Waals surface area contributed by atoms with E-state index in [0.717, 1.165) is 12.0 Å². The third kappa shape index (κ3) is 4.81. The van der Waals surface area contributed by atoms with Crippen LogP contribution in [0.25, 0.3) is 0 Å². The van der Waals surface area contributed by atoms with Gasteiger partial charge in [0.1, 0.15) is 5.75 Å². The predicted molar refractivity (Wildman–Crippen MR) is 92.4 cm³/mol. The summed E-state index contributed by atoms with van der Waals surface area (Å²) in [6.07, 6.45) is 0.184. The third-order valence-corrected chi connectivity index (χ3v) is 4.37. The van der Waals surface area contributed by atoms with Gasteiger partial charge in [-0.3, -0.25) is 4.79 Å². The Labute approximate surface area is 141 Å². The number of nitrogens with two attached hydrogens (primary N) is 1. The number of anilines is 1. The van der Waals surface area contributed by atoms with Crippen LogP contribution in [0.15, 0.2) is 53.4 Å². The van der Waals surface area contributed by atoms with Crippen LogP contribution in [0.3, 0.4) is 0 Å². The number of hydrogen-bond donors (Lipinski definition) is 2. The monoisotopic (exact) mass is 348 g/mol. The van der Waals surface area contributed by atoms with Gasteiger partial charge in [0.05, 0.1) is 4.90 Å². The van der Waals surface area contributed by atoms with Crippen molar-refractivity contribution in [1.82, 2.24) is 0 Å². The fourth-order valence-electron chi connectivity index (χ4n) is 2.07. The van der Waals surface area contributed by atoms with E-state index in [0.29, 0.717) is 11.4 Å². The molecule has 128 valence electrons. The largest absolute Gasteiger partial charge is 0.481 e. The summed E-state index contributed by atoms with van der Waals surface area (Å²) >= 11 is 0. The Morgan fingerprint density at radius 1 is 1.21 bits per heavy atom. The summed E-state index contributed by atoms with van der Waals surface area (Å²) in [5.41, 5.74) is 1.59. The fraction of sp³-hybridized carbons (Fsp3) is 0.235. The van der Waals surface area contributed by atoms with E-state index >= 15 is 0 Å². The molecular formula is C17H20N2O4S. The zero-order valence-electron chi connectivity index (χ0n) is 13.5. The minimum atomic E-state index is -3.75. The number of aryl methyl sites for hydroxylation is 1. The molecule has 6 nitrogen and oxygen atoms in total. The van der Waals surface area contributed by atoms with E-state index in [1.807, 2.05) is 25.1 Å². The summed E-state index contributed by atoms with van der Waals surface area (Å²) < 4.78 is 28.0. The zero-order valence-corrected chi connectivity index (χ0v) is 14.3. The van der Waals surface area contributed by atoms with Crippen molar-refractivity contribution in [2.45, 2.75) is 31.3 Å². The smallest absolute Gasteiger partial charge is 0.265 e. The van der Waals surface area contributed by atoms with Gasteiger partial charge >= 0.3 is 0 Å². The minimum absolute atomic E-state index is 0.0128. The topological polar surface area (TPSA) is 98.5 Å². The quantitative estimate of drug-likeness (QED) is 0.837. The van der Waals surface area contributed by atoms with Crippen LogP contribution in [0.5, 0.6) is 5.75 Å². The first-order chi connectivity index (χ1) is 11.3. The van der Waals surface area contributed by atoms with Crippen LogP contribution in [-0.2, 0) is 21.2 Å². The van der Waals surface area contributed by atoms with Gasteiger partial charge in [0.2, 0.25) is 10.0 Å². The van der Waals surface area contributed by atoms with Gasteiger partial charge < -0.3 is 10.1 Å². The van der Waals surface area contributed by atoms with Crippen LogP contribution < -0.4 is 15.2 Å². The highest BCUT2D eigenvalue weighted by atomic mass is 32.2. The minimum Gasteiger partial charge on any atom is -0.481 e. The molecule has 2 aromatic rings. The van der Waals surface area contributed by atoms with Gasteiger partial charge in [-0.2, -0.15) is 0 Å². The number of benzene rings is 2. The van der Waals surface area contributed by atoms with Gasteiger partial charge in [-0.1, -0.05) is 19.1 Å². The average Bonchev–Trinajstić information content (AvgIpc) is 2.54. The van der Waals surface area contributed by atoms with Crippen molar-refractivity contribution in [3.05, 3.63) is 54.1 Å². The van der Waals surface area contributed by atoms with Gasteiger partial charge in [0.15, 0.2) is 6.10 Å². The molecule has 24 heavy (non-hydrogen) atoms. The highest BCUT2D eigenvalue weighted by molar-refractivity contribution is 7.89. The van der Waals surface area contributed by atoms with Gasteiger partial charge in [0.25, 0.3) is 5.91 Å². The van der Waals surface area contributed by atoms with E-state index in [1.54, 1.807) is 13.0 Å². The van der Waals surface area contributed by atoms with Crippen molar-refractivity contribution in [1.29, 1.82) is 0 Å². The lowest BCUT2D eigenvalue weighted by atomic mass is 10.2. The van der Waals surface area contributed by atoms with Gasteiger partial charge in [-0.15, -0.1) is 0 Å². The number of amides is 1. The summed E-state index contributed by atoms with van der Waals surface area (Å²) in [5, 5.41) is 7.70. The molecule has 2 rings (SSSR count). The van der Waals surface area contributed by atoms with E-state index < -0.39 is 16.1 Å². The summed E-state index contributed by atoms with van der Waals surface area (Å²) in [6.45, 7) is 3.69. The highest BCUT2D eigenvalue weighted by Crippen LogP contribution is 2.17. The molecule has 0 aliphatic carbocycles. The lowest BCUT2D eigenvalue weighted by Crippen LogP contribution is -2.30. The number of rotatable bonds is 6. The lowest BCUT2D eigenvalue weighted by molar-refractivity contribution is -0.122. The van der Waals surface area contributed by atoms with E-state index in [2.05, 4.69) is 5.32 Å². The SMILES string of the molecule is CCc1cccc(OC(C)C(=O)Nc2ccc(S(N)(=O)=O)cc2)c1. The number of nitrogens with one attached hydrogen (secondary N) is 1. The van der Waals surface area contributed by atoms with Crippen molar-refractivity contribution in [3.63, 3.8) is 0 Å². The molecule has 7 heteroatoms. The van der Waals surface area contributed by atoms with Gasteiger partial charge in [-0.05, 0) is 55.3 Å². The first kappa shape index (κ1) is 18.0. The Balaban J connectivity index is 2.00. The van der Waals surface area contributed by atoms with Crippen molar-refractivity contribution < 1.29 is 17.9 Å². The Morgan fingerprint density at radius 2 is 1.88 bits per heavy atom. The maximum absolute atomic E-state index is 12.2. The zero-order chi connectivity index (χ0) is 17.7. The molecule has 0 radical (unpaired) electrons. The second kappa shape index (κ2) is 7.46. The second-order valence-electron chi connectivity index (χ2n) is 5.32. The molecule has 1 amide bonds. The van der Waals surface area contributed by atoms with E-state index in [-0.39, 0.29) is 10.8 Å². The number of carbonyl (C=O) groups excluding carboxylic acids is 1. The van der Waals surface area contributed by atoms with Gasteiger partial charge in [-0.25, -0.2) is 13.6 Å². The number of carbonyl (C=O) groups is 1. The number of ether oxygens (including phenoxy) is 1. The van der Waals surface area contributed by atoms with E-state index in [1.165, 1.54) is 24.3 Å². The standard InChI is InChI=1S/C17H20N2O4S/c1-3-13-5-4-6-15(11-13)23-12(2)17(20)19-14-7-9-16(10-8-14)24(18,21)22/h4-12H,3H2,1-2H3,(H,19,20)(H2,18,21,22). The van der Waals surface area contributed by atoms with Crippen LogP contribution >= 0.6 is 0 Å². The van der Waals surface area contributed by atoms with Crippen LogP contribution in [0.1, 0.15) is 19.4 Å². The molecule has 3 N–H and O–H groups in total. The molecule has 0 bridgehead atoms. The molecule has 1 unspecified atom stereocenters. The predicted octanol–water partition coefficient (Wildman–Crippen LogP) is 2.30. The van der Waals surface area contributed by atoms with Crippen molar-refractivity contribution in [3.8, 4) is 5.75 Å². The Kier molecular flexibility index (Phi) is 5.58. The highest BCUT2D eigenvalue weighted by Gasteiger charge is 2.15. The van der Waals surface area contributed by atoms with Crippen molar-refractivity contribution in [2.75, 3.05) is 5.32 Å². The Hall–Kier alpha value is -2.38. The molecule has 0 spiro atoms. The molecule has 0 saturated heterocycles. The summed E-state index contributed by atoms with van der Waals surface area (Å²) in [6, 6.07) is 13.2. The summed E-state index contributed by atoms with van der Waals surface area (Å²) in [5.74, 6) is 0.293. The van der Waals surface area contributed by atoms with Crippen molar-refractivity contribution >= 4 is 21.6 Å². The number of sulfonamides is 1. The summed E-state index contributed by atoms with van der Waals surface area (Å²) in [4.78, 5) is 12.2. The maximum Gasteiger partial charge on any atom is 0.265 e. The molecule has 0 fully saturated rings. The molecule has 0 saturated carbocycles. The molecule has 1 atom stereocenters. The van der Waals surface area contributed by atoms with Crippen LogP contribution in [0.4, 0.5) is 5.69 Å². The molecule has 0 aliphatic heterocycles. The second-order valence-corrected chi connectivity index (χ2v) is 6.88. The van der Waals surface area contributed by atoms with Crippen LogP contribution in [0, 0.1) is 0 Å². The first-order valence-corrected chi connectivity index (χ1v) is 9.03. The van der Waals surface area contributed by atoms with E-state index in [9.17, 15) is 13.2 Å². The van der Waals surface area contributed by atoms with Crippen molar-refractivity contribution in [2.24, 2.45) is 5.14 Å². The average molecular weight is 348 g/mol. The lowest BCUT2D eigenvalue weighted by Gasteiger charge is -2.15. The molecular weight excluding hydrogens is 328 g/mol.